The molecule has 0 bridgehead atoms. The van der Waals surface area contributed by atoms with Crippen LogP contribution in [0.5, 0.6) is 11.5 Å². The maximum absolute atomic E-state index is 12.3. The quantitative estimate of drug-likeness (QED) is 0.215. The van der Waals surface area contributed by atoms with Gasteiger partial charge in [0.1, 0.15) is 18.1 Å². The second kappa shape index (κ2) is 13.4. The summed E-state index contributed by atoms with van der Waals surface area (Å²) in [5, 5.41) is 16.1. The van der Waals surface area contributed by atoms with Crippen molar-refractivity contribution in [2.75, 3.05) is 33.7 Å². The van der Waals surface area contributed by atoms with E-state index in [1.165, 1.54) is 11.8 Å². The minimum Gasteiger partial charge on any atom is -0.507 e. The normalized spacial score (nSPS) is 11.5. The van der Waals surface area contributed by atoms with E-state index < -0.39 is 0 Å². The first-order valence-corrected chi connectivity index (χ1v) is 12.6. The number of amides is 1. The van der Waals surface area contributed by atoms with Crippen LogP contribution in [-0.4, -0.2) is 60.8 Å². The number of hydrazone groups is 1. The van der Waals surface area contributed by atoms with E-state index in [0.29, 0.717) is 12.2 Å². The number of ether oxygens (including phenoxy) is 1. The van der Waals surface area contributed by atoms with E-state index >= 15 is 0 Å². The smallest absolute Gasteiger partial charge is 0.254 e. The summed E-state index contributed by atoms with van der Waals surface area (Å²) in [6, 6.07) is 29.5. The van der Waals surface area contributed by atoms with Crippen LogP contribution in [0.15, 0.2) is 96.1 Å². The fourth-order valence-corrected chi connectivity index (χ4v) is 4.11. The lowest BCUT2D eigenvalue weighted by Crippen LogP contribution is -2.37. The number of hydrogen-bond donors (Lipinski definition) is 2. The van der Waals surface area contributed by atoms with Crippen molar-refractivity contribution in [3.8, 4) is 11.5 Å². The minimum absolute atomic E-state index is 0.121. The van der Waals surface area contributed by atoms with E-state index in [9.17, 15) is 9.90 Å². The van der Waals surface area contributed by atoms with E-state index in [0.717, 1.165) is 41.7 Å². The van der Waals surface area contributed by atoms with Crippen molar-refractivity contribution in [3.63, 3.8) is 0 Å². The van der Waals surface area contributed by atoms with Crippen molar-refractivity contribution in [1.29, 1.82) is 0 Å². The first kappa shape index (κ1) is 26.9. The molecule has 1 amide bonds. The first-order valence-electron chi connectivity index (χ1n) is 12.6. The van der Waals surface area contributed by atoms with Gasteiger partial charge in [0.25, 0.3) is 5.91 Å². The number of carbonyl (C=O) groups excluding carboxylic acids is 1. The Balaban J connectivity index is 1.17. The van der Waals surface area contributed by atoms with Gasteiger partial charge in [-0.1, -0.05) is 72.8 Å². The molecule has 0 unspecified atom stereocenters. The number of rotatable bonds is 12. The van der Waals surface area contributed by atoms with E-state index in [2.05, 4.69) is 46.7 Å². The summed E-state index contributed by atoms with van der Waals surface area (Å²) in [6.07, 6.45) is 1.49. The molecule has 0 saturated heterocycles. The van der Waals surface area contributed by atoms with Crippen molar-refractivity contribution in [1.82, 2.24) is 15.2 Å². The van der Waals surface area contributed by atoms with Gasteiger partial charge in [-0.3, -0.25) is 9.69 Å². The Morgan fingerprint density at radius 1 is 0.868 bits per heavy atom. The zero-order valence-corrected chi connectivity index (χ0v) is 21.9. The van der Waals surface area contributed by atoms with E-state index in [-0.39, 0.29) is 18.2 Å². The fraction of sp³-hybridized carbons (Fsp3) is 0.226. The van der Waals surface area contributed by atoms with Gasteiger partial charge in [-0.05, 0) is 54.2 Å². The summed E-state index contributed by atoms with van der Waals surface area (Å²) in [5.74, 6) is 0.762. The average Bonchev–Trinajstić information content (AvgIpc) is 2.93. The second-order valence-electron chi connectivity index (χ2n) is 9.41. The summed E-state index contributed by atoms with van der Waals surface area (Å²) < 4.78 is 5.87. The van der Waals surface area contributed by atoms with Gasteiger partial charge >= 0.3 is 0 Å². The zero-order valence-electron chi connectivity index (χ0n) is 21.9. The highest BCUT2D eigenvalue weighted by molar-refractivity contribution is 6.02. The predicted octanol–water partition coefficient (Wildman–Crippen LogP) is 4.64. The lowest BCUT2D eigenvalue weighted by atomic mass is 10.0. The van der Waals surface area contributed by atoms with Gasteiger partial charge in [-0.25, -0.2) is 5.43 Å². The van der Waals surface area contributed by atoms with Crippen LogP contribution < -0.4 is 10.2 Å². The van der Waals surface area contributed by atoms with Crippen LogP contribution in [0.1, 0.15) is 16.7 Å². The summed E-state index contributed by atoms with van der Waals surface area (Å²) in [5.41, 5.74) is 5.48. The van der Waals surface area contributed by atoms with Crippen LogP contribution >= 0.6 is 0 Å². The van der Waals surface area contributed by atoms with E-state index in [1.807, 2.05) is 72.6 Å². The molecule has 0 heterocycles. The Morgan fingerprint density at radius 2 is 1.58 bits per heavy atom. The Morgan fingerprint density at radius 3 is 2.37 bits per heavy atom. The van der Waals surface area contributed by atoms with Gasteiger partial charge in [-0.15, -0.1) is 0 Å². The molecule has 4 rings (SSSR count). The molecule has 0 saturated carbocycles. The number of benzene rings is 4. The number of fused-ring (bicyclic) bond motifs is 1. The Hall–Kier alpha value is -4.20. The molecule has 0 aromatic heterocycles. The molecule has 0 radical (unpaired) electrons. The molecule has 0 aliphatic carbocycles. The topological polar surface area (TPSA) is 77.4 Å². The molecule has 0 fully saturated rings. The molecule has 4 aromatic carbocycles. The number of likely N-dealkylation sites (N-methyl/N-ethyl adjacent to an activating group) is 2. The SMILES string of the molecule is CN(CCN(C)Cc1ccc(OCc2ccccc2)cc1)CC(=O)N/N=C/c1c(O)ccc2ccccc12. The van der Waals surface area contributed by atoms with Crippen molar-refractivity contribution in [2.24, 2.45) is 5.10 Å². The number of nitrogens with zero attached hydrogens (tertiary/aromatic N) is 3. The highest BCUT2D eigenvalue weighted by Crippen LogP contribution is 2.25. The Labute approximate surface area is 224 Å². The van der Waals surface area contributed by atoms with Crippen molar-refractivity contribution in [3.05, 3.63) is 108 Å². The van der Waals surface area contributed by atoms with Gasteiger partial charge in [0.2, 0.25) is 0 Å². The molecule has 7 nitrogen and oxygen atoms in total. The third-order valence-electron chi connectivity index (χ3n) is 6.23. The van der Waals surface area contributed by atoms with Crippen molar-refractivity contribution >= 4 is 22.9 Å². The number of phenolic OH excluding ortho intramolecular Hbond substituents is 1. The third-order valence-corrected chi connectivity index (χ3v) is 6.23. The van der Waals surface area contributed by atoms with Crippen molar-refractivity contribution in [2.45, 2.75) is 13.2 Å². The van der Waals surface area contributed by atoms with E-state index in [1.54, 1.807) is 6.07 Å². The highest BCUT2D eigenvalue weighted by Gasteiger charge is 2.09. The van der Waals surface area contributed by atoms with Crippen molar-refractivity contribution < 1.29 is 14.6 Å². The molecule has 4 aromatic rings. The van der Waals surface area contributed by atoms with Gasteiger partial charge in [0, 0.05) is 25.2 Å². The molecular weight excluding hydrogens is 476 g/mol. The number of aromatic hydroxyl groups is 1. The van der Waals surface area contributed by atoms with Crippen LogP contribution in [0.25, 0.3) is 10.8 Å². The largest absolute Gasteiger partial charge is 0.507 e. The maximum atomic E-state index is 12.3. The zero-order chi connectivity index (χ0) is 26.7. The van der Waals surface area contributed by atoms with Crippen LogP contribution in [0.3, 0.4) is 0 Å². The van der Waals surface area contributed by atoms with Crippen LogP contribution in [-0.2, 0) is 17.9 Å². The predicted molar refractivity (Wildman–Crippen MR) is 152 cm³/mol. The maximum Gasteiger partial charge on any atom is 0.254 e. The summed E-state index contributed by atoms with van der Waals surface area (Å²) in [4.78, 5) is 16.5. The molecule has 0 spiro atoms. The number of carbonyl (C=O) groups is 1. The van der Waals surface area contributed by atoms with Crippen LogP contribution in [0.4, 0.5) is 0 Å². The molecule has 0 aliphatic rings. The fourth-order valence-electron chi connectivity index (χ4n) is 4.11. The Bertz CT molecular complexity index is 1360. The number of phenols is 1. The van der Waals surface area contributed by atoms with Gasteiger partial charge in [-0.2, -0.15) is 5.10 Å². The standard InChI is InChI=1S/C31H34N4O3/c1-34(21-24-12-15-27(16-13-24)38-23-25-8-4-3-5-9-25)18-19-35(2)22-31(37)33-32-20-29-28-11-7-6-10-26(28)14-17-30(29)36/h3-17,20,36H,18-19,21-23H2,1-2H3,(H,33,37)/b32-20+. The first-order chi connectivity index (χ1) is 18.5. The molecule has 0 atom stereocenters. The van der Waals surface area contributed by atoms with Gasteiger partial charge in [0.15, 0.2) is 0 Å². The Kier molecular flexibility index (Phi) is 9.45. The van der Waals surface area contributed by atoms with Gasteiger partial charge in [0.05, 0.1) is 12.8 Å². The van der Waals surface area contributed by atoms with Crippen LogP contribution in [0, 0.1) is 0 Å². The number of hydrogen-bond acceptors (Lipinski definition) is 6. The third kappa shape index (κ3) is 7.90. The highest BCUT2D eigenvalue weighted by atomic mass is 16.5. The average molecular weight is 511 g/mol. The lowest BCUT2D eigenvalue weighted by Gasteiger charge is -2.21. The molecular formula is C31H34N4O3. The molecule has 38 heavy (non-hydrogen) atoms. The molecule has 0 aliphatic heterocycles. The van der Waals surface area contributed by atoms with E-state index in [4.69, 9.17) is 4.74 Å². The number of nitrogens with one attached hydrogen (secondary N) is 1. The molecule has 196 valence electrons. The van der Waals surface area contributed by atoms with Crippen LogP contribution in [0.2, 0.25) is 0 Å². The van der Waals surface area contributed by atoms with Gasteiger partial charge < -0.3 is 14.7 Å². The summed E-state index contributed by atoms with van der Waals surface area (Å²) in [6.45, 7) is 3.12. The summed E-state index contributed by atoms with van der Waals surface area (Å²) in [7, 11) is 3.97. The monoisotopic (exact) mass is 510 g/mol. The lowest BCUT2D eigenvalue weighted by molar-refractivity contribution is -0.121. The molecule has 2 N–H and O–H groups in total. The summed E-state index contributed by atoms with van der Waals surface area (Å²) >= 11 is 0. The second-order valence-corrected chi connectivity index (χ2v) is 9.41. The molecule has 7 heteroatoms. The minimum atomic E-state index is -0.211.